The molecule has 0 spiro atoms. The maximum absolute atomic E-state index is 13.3. The third-order valence-corrected chi connectivity index (χ3v) is 9.01. The van der Waals surface area contributed by atoms with Gasteiger partial charge in [-0.3, -0.25) is 4.79 Å². The number of carbonyl (C=O) groups excluding carboxylic acids is 1. The average Bonchev–Trinajstić information content (AvgIpc) is 3.48. The summed E-state index contributed by atoms with van der Waals surface area (Å²) >= 11 is 0. The van der Waals surface area contributed by atoms with Crippen molar-refractivity contribution < 1.29 is 39.8 Å². The van der Waals surface area contributed by atoms with Gasteiger partial charge in [0, 0.05) is 48.5 Å². The van der Waals surface area contributed by atoms with Crippen LogP contribution in [0.2, 0.25) is 0 Å². The maximum atomic E-state index is 13.3. The summed E-state index contributed by atoms with van der Waals surface area (Å²) in [5.41, 5.74) is 11.7. The second-order valence-electron chi connectivity index (χ2n) is 11.6. The Labute approximate surface area is 257 Å². The van der Waals surface area contributed by atoms with Crippen molar-refractivity contribution in [3.8, 4) is 0 Å². The molecule has 2 heterocycles. The predicted molar refractivity (Wildman–Crippen MR) is 164 cm³/mol. The number of nitrogen functional groups attached to an aromatic ring is 1. The van der Waals surface area contributed by atoms with Crippen molar-refractivity contribution in [1.29, 1.82) is 0 Å². The van der Waals surface area contributed by atoms with E-state index in [1.807, 2.05) is 48.5 Å². The van der Waals surface area contributed by atoms with Gasteiger partial charge in [-0.1, -0.05) is 48.5 Å². The van der Waals surface area contributed by atoms with E-state index in [2.05, 4.69) is 26.2 Å². The fraction of sp³-hybridized carbons (Fsp3) is 0.281. The lowest BCUT2D eigenvalue weighted by Gasteiger charge is -2.30. The monoisotopic (exact) mass is 652 g/mol. The minimum Gasteiger partial charge on any atom is -1.00 e. The number of rotatable bonds is 8. The number of halogens is 1. The third kappa shape index (κ3) is 6.32. The first-order valence-electron chi connectivity index (χ1n) is 13.5. The number of aliphatic hydroxyl groups is 1. The molecule has 1 unspecified atom stereocenters. The number of anilines is 2. The van der Waals surface area contributed by atoms with Crippen LogP contribution in [0.4, 0.5) is 11.4 Å². The van der Waals surface area contributed by atoms with Gasteiger partial charge in [-0.15, -0.1) is 0 Å². The van der Waals surface area contributed by atoms with Gasteiger partial charge in [0.15, 0.2) is 9.84 Å². The number of sulfone groups is 1. The topological polar surface area (TPSA) is 106 Å². The molecule has 42 heavy (non-hydrogen) atoms. The molecular weight excluding hydrogens is 616 g/mol. The molecule has 1 aromatic heterocycles. The van der Waals surface area contributed by atoms with Crippen LogP contribution >= 0.6 is 0 Å². The van der Waals surface area contributed by atoms with E-state index in [4.69, 9.17) is 5.73 Å². The Morgan fingerprint density at radius 1 is 1.05 bits per heavy atom. The van der Waals surface area contributed by atoms with Crippen LogP contribution in [0, 0.1) is 0 Å². The molecule has 0 bridgehead atoms. The molecule has 0 radical (unpaired) electrons. The fourth-order valence-corrected chi connectivity index (χ4v) is 6.80. The zero-order valence-electron chi connectivity index (χ0n) is 24.3. The Morgan fingerprint density at radius 2 is 1.71 bits per heavy atom. The van der Waals surface area contributed by atoms with Gasteiger partial charge in [-0.05, 0) is 40.8 Å². The number of aromatic nitrogens is 1. The maximum Gasteiger partial charge on any atom is 0.251 e. The van der Waals surface area contributed by atoms with Crippen LogP contribution in [0.5, 0.6) is 0 Å². The Kier molecular flexibility index (Phi) is 9.03. The first kappa shape index (κ1) is 31.5. The molecule has 4 aromatic rings. The lowest BCUT2D eigenvalue weighted by molar-refractivity contribution is -0.917. The SMILES string of the molecule is Cn1c(C[N+](C)(C)Cc2ccc(/C=C/C(=O)N3CC(CO)c4c3cc(N)c3ccccc43)cc2)ccc1S(C)(=O)=O.[Br-]. The van der Waals surface area contributed by atoms with Gasteiger partial charge in [0.25, 0.3) is 5.91 Å². The lowest BCUT2D eigenvalue weighted by atomic mass is 9.94. The Bertz CT molecular complexity index is 1760. The van der Waals surface area contributed by atoms with Crippen LogP contribution < -0.4 is 27.6 Å². The van der Waals surface area contributed by atoms with Crippen molar-refractivity contribution in [3.05, 3.63) is 95.2 Å². The molecule has 1 amide bonds. The largest absolute Gasteiger partial charge is 1.00 e. The second-order valence-corrected chi connectivity index (χ2v) is 13.6. The van der Waals surface area contributed by atoms with Crippen molar-refractivity contribution in [2.45, 2.75) is 24.0 Å². The number of benzene rings is 3. The summed E-state index contributed by atoms with van der Waals surface area (Å²) in [5, 5.41) is 12.3. The normalized spacial score (nSPS) is 15.3. The van der Waals surface area contributed by atoms with Gasteiger partial charge < -0.3 is 41.8 Å². The van der Waals surface area contributed by atoms with Crippen LogP contribution in [0.1, 0.15) is 28.3 Å². The van der Waals surface area contributed by atoms with E-state index in [-0.39, 0.29) is 35.4 Å². The smallest absolute Gasteiger partial charge is 0.251 e. The van der Waals surface area contributed by atoms with Crippen LogP contribution in [0.25, 0.3) is 16.8 Å². The average molecular weight is 654 g/mol. The molecule has 0 aliphatic carbocycles. The summed E-state index contributed by atoms with van der Waals surface area (Å²) < 4.78 is 26.4. The molecule has 0 fully saturated rings. The number of quaternary nitrogens is 1. The first-order chi connectivity index (χ1) is 19.4. The molecule has 3 N–H and O–H groups in total. The van der Waals surface area contributed by atoms with Crippen molar-refractivity contribution in [1.82, 2.24) is 4.57 Å². The second kappa shape index (κ2) is 12.0. The molecule has 3 aromatic carbocycles. The molecule has 1 atom stereocenters. The zero-order chi connectivity index (χ0) is 29.5. The van der Waals surface area contributed by atoms with Gasteiger partial charge in [-0.2, -0.15) is 0 Å². The van der Waals surface area contributed by atoms with Crippen molar-refractivity contribution in [2.24, 2.45) is 7.05 Å². The highest BCUT2D eigenvalue weighted by molar-refractivity contribution is 7.90. The van der Waals surface area contributed by atoms with Crippen molar-refractivity contribution >= 4 is 44.0 Å². The minimum absolute atomic E-state index is 0. The van der Waals surface area contributed by atoms with Gasteiger partial charge in [0.1, 0.15) is 18.1 Å². The molecule has 1 aliphatic heterocycles. The van der Waals surface area contributed by atoms with E-state index in [9.17, 15) is 18.3 Å². The molecular formula is C32H37BrN4O4S. The van der Waals surface area contributed by atoms with Crippen molar-refractivity contribution in [2.75, 3.05) is 44.1 Å². The number of hydrogen-bond acceptors (Lipinski definition) is 5. The minimum atomic E-state index is -3.27. The highest BCUT2D eigenvalue weighted by Crippen LogP contribution is 2.43. The summed E-state index contributed by atoms with van der Waals surface area (Å²) in [7, 11) is 2.74. The number of amides is 1. The van der Waals surface area contributed by atoms with E-state index in [1.165, 1.54) is 6.26 Å². The van der Waals surface area contributed by atoms with Crippen molar-refractivity contribution in [3.63, 3.8) is 0 Å². The molecule has 222 valence electrons. The number of fused-ring (bicyclic) bond motifs is 3. The standard InChI is InChI=1S/C32H37N4O4S.BrH/c1-34-25(14-16-31(34)41(4,39)40)20-36(2,3)19-23-11-9-22(10-12-23)13-15-30(38)35-18-24(21-37)32-27-8-6-5-7-26(27)28(33)17-29(32)35;/h5-17,24,37H,18-21,33H2,1-4H3;1H/q+1;/p-1/b15-13+;. The molecule has 10 heteroatoms. The summed E-state index contributed by atoms with van der Waals surface area (Å²) in [6, 6.07) is 21.3. The third-order valence-electron chi connectivity index (χ3n) is 7.84. The molecule has 5 rings (SSSR count). The summed E-state index contributed by atoms with van der Waals surface area (Å²) in [6.07, 6.45) is 4.60. The fourth-order valence-electron chi connectivity index (χ4n) is 5.87. The van der Waals surface area contributed by atoms with E-state index in [1.54, 1.807) is 34.7 Å². The number of nitrogens with two attached hydrogens (primary N) is 1. The molecule has 1 aliphatic rings. The number of carbonyl (C=O) groups is 1. The Balaban J connectivity index is 0.00000405. The lowest BCUT2D eigenvalue weighted by Crippen LogP contribution is -3.00. The molecule has 8 nitrogen and oxygen atoms in total. The molecule has 0 saturated heterocycles. The Morgan fingerprint density at radius 3 is 2.33 bits per heavy atom. The zero-order valence-corrected chi connectivity index (χ0v) is 26.7. The number of hydrogen-bond donors (Lipinski definition) is 2. The van der Waals surface area contributed by atoms with Crippen LogP contribution in [0.3, 0.4) is 0 Å². The summed E-state index contributed by atoms with van der Waals surface area (Å²) in [6.45, 7) is 1.79. The van der Waals surface area contributed by atoms with Gasteiger partial charge in [-0.25, -0.2) is 8.42 Å². The highest BCUT2D eigenvalue weighted by Gasteiger charge is 2.33. The van der Waals surface area contributed by atoms with Crippen LogP contribution in [-0.2, 0) is 34.8 Å². The van der Waals surface area contributed by atoms with Gasteiger partial charge in [0.05, 0.1) is 32.1 Å². The molecule has 0 saturated carbocycles. The Hall–Kier alpha value is -3.44. The number of nitrogens with zero attached hydrogens (tertiary/aromatic N) is 3. The van der Waals surface area contributed by atoms with E-state index < -0.39 is 9.84 Å². The number of aliphatic hydroxyl groups excluding tert-OH is 1. The predicted octanol–water partition coefficient (Wildman–Crippen LogP) is 1.08. The quantitative estimate of drug-likeness (QED) is 0.168. The first-order valence-corrected chi connectivity index (χ1v) is 15.4. The van der Waals surface area contributed by atoms with E-state index in [0.29, 0.717) is 28.3 Å². The van der Waals surface area contributed by atoms with E-state index >= 15 is 0 Å². The van der Waals surface area contributed by atoms with Gasteiger partial charge in [0.2, 0.25) is 0 Å². The highest BCUT2D eigenvalue weighted by atomic mass is 79.9. The van der Waals surface area contributed by atoms with E-state index in [0.717, 1.165) is 45.4 Å². The van der Waals surface area contributed by atoms with Crippen LogP contribution in [0.15, 0.2) is 77.8 Å². The van der Waals surface area contributed by atoms with Crippen LogP contribution in [-0.4, -0.2) is 62.0 Å². The van der Waals surface area contributed by atoms with Gasteiger partial charge >= 0.3 is 0 Å². The summed E-state index contributed by atoms with van der Waals surface area (Å²) in [4.78, 5) is 15.0. The summed E-state index contributed by atoms with van der Waals surface area (Å²) in [5.74, 6) is -0.322.